The maximum Gasteiger partial charge on any atom is 0.123 e. The van der Waals surface area contributed by atoms with E-state index >= 15 is 0 Å². The molecule has 0 aliphatic rings. The number of pyridine rings is 1. The number of benzene rings is 2. The van der Waals surface area contributed by atoms with Crippen LogP contribution in [-0.4, -0.2) is 18.6 Å². The lowest BCUT2D eigenvalue weighted by Crippen LogP contribution is -2.17. The van der Waals surface area contributed by atoms with E-state index < -0.39 is 0 Å². The summed E-state index contributed by atoms with van der Waals surface area (Å²) in [7, 11) is 1.72. The standard InChI is InChI=1S/C19H20N2O/c1-22-19-10-9-15-6-2-3-8-17(15)18(19)14-20-13-11-16-7-4-5-12-21-16/h2-10,12,20H,11,13-14H2,1H3. The normalized spacial score (nSPS) is 10.8. The van der Waals surface area contributed by atoms with Crippen molar-refractivity contribution in [3.63, 3.8) is 0 Å². The number of nitrogens with zero attached hydrogens (tertiary/aromatic N) is 1. The molecule has 2 aromatic carbocycles. The van der Waals surface area contributed by atoms with Crippen molar-refractivity contribution < 1.29 is 4.74 Å². The summed E-state index contributed by atoms with van der Waals surface area (Å²) in [5, 5.41) is 5.98. The second-order valence-corrected chi connectivity index (χ2v) is 5.22. The predicted octanol–water partition coefficient (Wildman–Crippen LogP) is 3.58. The molecule has 0 saturated heterocycles. The third kappa shape index (κ3) is 3.26. The number of ether oxygens (including phenoxy) is 1. The lowest BCUT2D eigenvalue weighted by molar-refractivity contribution is 0.409. The largest absolute Gasteiger partial charge is 0.496 e. The molecule has 1 heterocycles. The summed E-state index contributed by atoms with van der Waals surface area (Å²) >= 11 is 0. The highest BCUT2D eigenvalue weighted by Gasteiger charge is 2.07. The molecular weight excluding hydrogens is 272 g/mol. The Morgan fingerprint density at radius 2 is 1.86 bits per heavy atom. The molecule has 0 saturated carbocycles. The third-order valence-corrected chi connectivity index (χ3v) is 3.80. The molecule has 0 radical (unpaired) electrons. The van der Waals surface area contributed by atoms with Crippen molar-refractivity contribution in [2.24, 2.45) is 0 Å². The first-order valence-electron chi connectivity index (χ1n) is 7.54. The SMILES string of the molecule is COc1ccc2ccccc2c1CNCCc1ccccn1. The fourth-order valence-corrected chi connectivity index (χ4v) is 2.67. The molecule has 3 rings (SSSR count). The molecule has 0 amide bonds. The summed E-state index contributed by atoms with van der Waals surface area (Å²) in [5.41, 5.74) is 2.32. The van der Waals surface area contributed by atoms with Crippen LogP contribution in [0.25, 0.3) is 10.8 Å². The summed E-state index contributed by atoms with van der Waals surface area (Å²) in [6, 6.07) is 18.6. The van der Waals surface area contributed by atoms with Gasteiger partial charge < -0.3 is 10.1 Å². The van der Waals surface area contributed by atoms with Crippen molar-refractivity contribution in [2.75, 3.05) is 13.7 Å². The summed E-state index contributed by atoms with van der Waals surface area (Å²) in [5.74, 6) is 0.934. The van der Waals surface area contributed by atoms with E-state index in [1.54, 1.807) is 7.11 Å². The second kappa shape index (κ2) is 7.05. The molecule has 0 aliphatic carbocycles. The minimum atomic E-state index is 0.789. The zero-order valence-electron chi connectivity index (χ0n) is 12.8. The van der Waals surface area contributed by atoms with Crippen molar-refractivity contribution >= 4 is 10.8 Å². The Morgan fingerprint density at radius 1 is 1.00 bits per heavy atom. The quantitative estimate of drug-likeness (QED) is 0.705. The maximum atomic E-state index is 5.52. The van der Waals surface area contributed by atoms with Gasteiger partial charge in [0.25, 0.3) is 0 Å². The highest BCUT2D eigenvalue weighted by molar-refractivity contribution is 5.87. The van der Waals surface area contributed by atoms with E-state index in [-0.39, 0.29) is 0 Å². The van der Waals surface area contributed by atoms with Crippen LogP contribution < -0.4 is 10.1 Å². The second-order valence-electron chi connectivity index (χ2n) is 5.22. The van der Waals surface area contributed by atoms with E-state index in [0.717, 1.165) is 31.0 Å². The van der Waals surface area contributed by atoms with Gasteiger partial charge in [-0.3, -0.25) is 4.98 Å². The van der Waals surface area contributed by atoms with Gasteiger partial charge >= 0.3 is 0 Å². The van der Waals surface area contributed by atoms with E-state index in [4.69, 9.17) is 4.74 Å². The summed E-state index contributed by atoms with van der Waals surface area (Å²) in [6.45, 7) is 1.68. The monoisotopic (exact) mass is 292 g/mol. The first-order chi connectivity index (χ1) is 10.9. The number of rotatable bonds is 6. The van der Waals surface area contributed by atoms with Crippen molar-refractivity contribution in [2.45, 2.75) is 13.0 Å². The summed E-state index contributed by atoms with van der Waals surface area (Å²) in [6.07, 6.45) is 2.76. The van der Waals surface area contributed by atoms with E-state index in [0.29, 0.717) is 0 Å². The fraction of sp³-hybridized carbons (Fsp3) is 0.211. The van der Waals surface area contributed by atoms with Gasteiger partial charge in [-0.1, -0.05) is 36.4 Å². The lowest BCUT2D eigenvalue weighted by Gasteiger charge is -2.13. The Morgan fingerprint density at radius 3 is 2.68 bits per heavy atom. The zero-order chi connectivity index (χ0) is 15.2. The van der Waals surface area contributed by atoms with Crippen molar-refractivity contribution in [1.82, 2.24) is 10.3 Å². The van der Waals surface area contributed by atoms with Crippen LogP contribution in [0.5, 0.6) is 5.75 Å². The molecule has 3 aromatic rings. The average Bonchev–Trinajstić information content (AvgIpc) is 2.59. The molecule has 1 N–H and O–H groups in total. The third-order valence-electron chi connectivity index (χ3n) is 3.80. The molecule has 0 spiro atoms. The average molecular weight is 292 g/mol. The topological polar surface area (TPSA) is 34.1 Å². The van der Waals surface area contributed by atoms with Gasteiger partial charge in [-0.2, -0.15) is 0 Å². The Hall–Kier alpha value is -2.39. The van der Waals surface area contributed by atoms with Crippen LogP contribution >= 0.6 is 0 Å². The van der Waals surface area contributed by atoms with Gasteiger partial charge in [0.15, 0.2) is 0 Å². The van der Waals surface area contributed by atoms with Gasteiger partial charge in [0, 0.05) is 37.0 Å². The number of methoxy groups -OCH3 is 1. The van der Waals surface area contributed by atoms with E-state index in [1.807, 2.05) is 24.4 Å². The highest BCUT2D eigenvalue weighted by atomic mass is 16.5. The summed E-state index contributed by atoms with van der Waals surface area (Å²) in [4.78, 5) is 4.34. The molecule has 3 nitrogen and oxygen atoms in total. The van der Waals surface area contributed by atoms with Gasteiger partial charge in [-0.05, 0) is 29.0 Å². The van der Waals surface area contributed by atoms with Crippen LogP contribution in [0, 0.1) is 0 Å². The van der Waals surface area contributed by atoms with Crippen LogP contribution in [0.4, 0.5) is 0 Å². The molecule has 0 atom stereocenters. The molecule has 0 bridgehead atoms. The molecule has 22 heavy (non-hydrogen) atoms. The molecule has 112 valence electrons. The Bertz CT molecular complexity index is 741. The number of aromatic nitrogens is 1. The van der Waals surface area contributed by atoms with E-state index in [9.17, 15) is 0 Å². The Labute approximate surface area is 131 Å². The number of hydrogen-bond donors (Lipinski definition) is 1. The minimum absolute atomic E-state index is 0.789. The van der Waals surface area contributed by atoms with Crippen molar-refractivity contribution in [1.29, 1.82) is 0 Å². The van der Waals surface area contributed by atoms with Gasteiger partial charge in [0.05, 0.1) is 7.11 Å². The minimum Gasteiger partial charge on any atom is -0.496 e. The number of hydrogen-bond acceptors (Lipinski definition) is 3. The summed E-state index contributed by atoms with van der Waals surface area (Å²) < 4.78 is 5.52. The first kappa shape index (κ1) is 14.5. The number of fused-ring (bicyclic) bond motifs is 1. The van der Waals surface area contributed by atoms with Gasteiger partial charge in [0.1, 0.15) is 5.75 Å². The van der Waals surface area contributed by atoms with E-state index in [1.165, 1.54) is 16.3 Å². The smallest absolute Gasteiger partial charge is 0.123 e. The Balaban J connectivity index is 1.70. The number of nitrogens with one attached hydrogen (secondary N) is 1. The molecular formula is C19H20N2O. The van der Waals surface area contributed by atoms with Gasteiger partial charge in [-0.25, -0.2) is 0 Å². The molecule has 0 unspecified atom stereocenters. The van der Waals surface area contributed by atoms with Crippen LogP contribution in [-0.2, 0) is 13.0 Å². The molecule has 0 fully saturated rings. The highest BCUT2D eigenvalue weighted by Crippen LogP contribution is 2.27. The maximum absolute atomic E-state index is 5.52. The molecule has 3 heteroatoms. The first-order valence-corrected chi connectivity index (χ1v) is 7.54. The van der Waals surface area contributed by atoms with Crippen LogP contribution in [0.3, 0.4) is 0 Å². The van der Waals surface area contributed by atoms with Gasteiger partial charge in [0.2, 0.25) is 0 Å². The predicted molar refractivity (Wildman–Crippen MR) is 90.1 cm³/mol. The molecule has 0 aliphatic heterocycles. The van der Waals surface area contributed by atoms with Crippen molar-refractivity contribution in [3.05, 3.63) is 72.1 Å². The van der Waals surface area contributed by atoms with Crippen LogP contribution in [0.1, 0.15) is 11.3 Å². The van der Waals surface area contributed by atoms with Crippen LogP contribution in [0.15, 0.2) is 60.8 Å². The van der Waals surface area contributed by atoms with Crippen LogP contribution in [0.2, 0.25) is 0 Å². The van der Waals surface area contributed by atoms with E-state index in [2.05, 4.69) is 46.7 Å². The fourth-order valence-electron chi connectivity index (χ4n) is 2.67. The lowest BCUT2D eigenvalue weighted by atomic mass is 10.0. The van der Waals surface area contributed by atoms with Gasteiger partial charge in [-0.15, -0.1) is 0 Å². The Kier molecular flexibility index (Phi) is 4.66. The zero-order valence-corrected chi connectivity index (χ0v) is 12.8. The molecule has 1 aromatic heterocycles. The van der Waals surface area contributed by atoms with Crippen molar-refractivity contribution in [3.8, 4) is 5.75 Å².